The van der Waals surface area contributed by atoms with Gasteiger partial charge in [-0.2, -0.15) is 0 Å². The molecule has 90 valence electrons. The van der Waals surface area contributed by atoms with Gasteiger partial charge in [0.05, 0.1) is 5.69 Å². The maximum Gasteiger partial charge on any atom is 0.354 e. The molecule has 0 radical (unpaired) electrons. The summed E-state index contributed by atoms with van der Waals surface area (Å²) in [4.78, 5) is 22.1. The molecule has 1 aliphatic carbocycles. The smallest absolute Gasteiger partial charge is 0.354 e. The van der Waals surface area contributed by atoms with E-state index in [9.17, 15) is 9.90 Å². The monoisotopic (exact) mass is 233 g/mol. The van der Waals surface area contributed by atoms with Gasteiger partial charge in [0.2, 0.25) is 5.95 Å². The Labute approximate surface area is 99.5 Å². The Kier molecular flexibility index (Phi) is 2.46. The predicted molar refractivity (Wildman–Crippen MR) is 62.5 cm³/mol. The molecule has 5 heteroatoms. The van der Waals surface area contributed by atoms with E-state index in [1.807, 2.05) is 0 Å². The molecule has 1 aliphatic heterocycles. The summed E-state index contributed by atoms with van der Waals surface area (Å²) < 4.78 is 0. The number of anilines is 1. The van der Waals surface area contributed by atoms with Gasteiger partial charge in [0.1, 0.15) is 0 Å². The lowest BCUT2D eigenvalue weighted by Crippen LogP contribution is -2.23. The SMILES string of the molecule is O=C(O)c1nc(N2CCCC2)nc2c1CCC2. The first kappa shape index (κ1) is 10.5. The Bertz CT molecular complexity index is 467. The van der Waals surface area contributed by atoms with Crippen molar-refractivity contribution in [1.82, 2.24) is 9.97 Å². The lowest BCUT2D eigenvalue weighted by Gasteiger charge is -2.16. The summed E-state index contributed by atoms with van der Waals surface area (Å²) in [7, 11) is 0. The molecule has 0 saturated carbocycles. The summed E-state index contributed by atoms with van der Waals surface area (Å²) in [5, 5.41) is 9.21. The van der Waals surface area contributed by atoms with E-state index in [1.165, 1.54) is 0 Å². The van der Waals surface area contributed by atoms with Crippen LogP contribution < -0.4 is 4.90 Å². The van der Waals surface area contributed by atoms with E-state index in [-0.39, 0.29) is 5.69 Å². The molecule has 1 aromatic heterocycles. The molecule has 0 spiro atoms. The fourth-order valence-corrected chi connectivity index (χ4v) is 2.65. The lowest BCUT2D eigenvalue weighted by molar-refractivity contribution is 0.0689. The van der Waals surface area contributed by atoms with Crippen LogP contribution in [0.15, 0.2) is 0 Å². The minimum Gasteiger partial charge on any atom is -0.476 e. The Morgan fingerprint density at radius 1 is 1.12 bits per heavy atom. The zero-order chi connectivity index (χ0) is 11.8. The fraction of sp³-hybridized carbons (Fsp3) is 0.583. The van der Waals surface area contributed by atoms with Crippen LogP contribution in [-0.2, 0) is 12.8 Å². The zero-order valence-electron chi connectivity index (χ0n) is 9.65. The maximum absolute atomic E-state index is 11.2. The Morgan fingerprint density at radius 3 is 2.59 bits per heavy atom. The molecule has 0 bridgehead atoms. The van der Waals surface area contributed by atoms with Crippen molar-refractivity contribution in [3.63, 3.8) is 0 Å². The van der Waals surface area contributed by atoms with Crippen LogP contribution in [0.5, 0.6) is 0 Å². The Hall–Kier alpha value is -1.65. The number of nitrogens with zero attached hydrogens (tertiary/aromatic N) is 3. The van der Waals surface area contributed by atoms with Gasteiger partial charge in [-0.15, -0.1) is 0 Å². The van der Waals surface area contributed by atoms with Gasteiger partial charge in [0.25, 0.3) is 0 Å². The third kappa shape index (κ3) is 1.75. The number of aromatic carboxylic acids is 1. The van der Waals surface area contributed by atoms with Crippen molar-refractivity contribution in [2.75, 3.05) is 18.0 Å². The topological polar surface area (TPSA) is 66.3 Å². The fourth-order valence-electron chi connectivity index (χ4n) is 2.65. The van der Waals surface area contributed by atoms with Gasteiger partial charge < -0.3 is 10.0 Å². The molecule has 1 fully saturated rings. The number of carboxylic acids is 1. The van der Waals surface area contributed by atoms with Gasteiger partial charge in [0, 0.05) is 18.7 Å². The maximum atomic E-state index is 11.2. The summed E-state index contributed by atoms with van der Waals surface area (Å²) in [5.41, 5.74) is 2.01. The van der Waals surface area contributed by atoms with Crippen LogP contribution in [0.3, 0.4) is 0 Å². The van der Waals surface area contributed by atoms with Crippen LogP contribution in [0.25, 0.3) is 0 Å². The second kappa shape index (κ2) is 3.98. The van der Waals surface area contributed by atoms with Crippen LogP contribution >= 0.6 is 0 Å². The van der Waals surface area contributed by atoms with Gasteiger partial charge >= 0.3 is 5.97 Å². The summed E-state index contributed by atoms with van der Waals surface area (Å²) in [6.07, 6.45) is 4.97. The molecular formula is C12H15N3O2. The zero-order valence-corrected chi connectivity index (χ0v) is 9.65. The van der Waals surface area contributed by atoms with Crippen molar-refractivity contribution >= 4 is 11.9 Å². The Morgan fingerprint density at radius 2 is 1.88 bits per heavy atom. The van der Waals surface area contributed by atoms with Gasteiger partial charge in [-0.1, -0.05) is 0 Å². The van der Waals surface area contributed by atoms with E-state index in [0.717, 1.165) is 56.5 Å². The minimum absolute atomic E-state index is 0.217. The van der Waals surface area contributed by atoms with Crippen molar-refractivity contribution in [3.8, 4) is 0 Å². The molecule has 2 aliphatic rings. The van der Waals surface area contributed by atoms with E-state index < -0.39 is 5.97 Å². The summed E-state index contributed by atoms with van der Waals surface area (Å²) >= 11 is 0. The van der Waals surface area contributed by atoms with Crippen molar-refractivity contribution in [2.45, 2.75) is 32.1 Å². The molecule has 0 aromatic carbocycles. The van der Waals surface area contributed by atoms with Crippen molar-refractivity contribution in [2.24, 2.45) is 0 Å². The highest BCUT2D eigenvalue weighted by Gasteiger charge is 2.25. The number of carbonyl (C=O) groups is 1. The number of hydrogen-bond acceptors (Lipinski definition) is 4. The average molecular weight is 233 g/mol. The van der Waals surface area contributed by atoms with Gasteiger partial charge in [-0.05, 0) is 32.1 Å². The number of fused-ring (bicyclic) bond motifs is 1. The van der Waals surface area contributed by atoms with Crippen LogP contribution in [0, 0.1) is 0 Å². The molecule has 0 atom stereocenters. The van der Waals surface area contributed by atoms with Crippen molar-refractivity contribution in [3.05, 3.63) is 17.0 Å². The second-order valence-corrected chi connectivity index (χ2v) is 4.65. The van der Waals surface area contributed by atoms with E-state index >= 15 is 0 Å². The van der Waals surface area contributed by atoms with E-state index in [1.54, 1.807) is 0 Å². The Balaban J connectivity index is 2.05. The minimum atomic E-state index is -0.925. The van der Waals surface area contributed by atoms with Gasteiger partial charge in [-0.25, -0.2) is 14.8 Å². The molecule has 17 heavy (non-hydrogen) atoms. The number of carboxylic acid groups (broad SMARTS) is 1. The largest absolute Gasteiger partial charge is 0.476 e. The number of aromatic nitrogens is 2. The summed E-state index contributed by atoms with van der Waals surface area (Å²) in [5.74, 6) is -0.313. The molecule has 0 unspecified atom stereocenters. The first-order valence-electron chi connectivity index (χ1n) is 6.14. The molecule has 0 amide bonds. The third-order valence-electron chi connectivity index (χ3n) is 3.51. The highest BCUT2D eigenvalue weighted by molar-refractivity contribution is 5.88. The molecule has 3 rings (SSSR count). The summed E-state index contributed by atoms with van der Waals surface area (Å²) in [6, 6.07) is 0. The number of rotatable bonds is 2. The van der Waals surface area contributed by atoms with E-state index in [2.05, 4.69) is 14.9 Å². The first-order valence-corrected chi connectivity index (χ1v) is 6.14. The normalized spacial score (nSPS) is 18.5. The molecular weight excluding hydrogens is 218 g/mol. The third-order valence-corrected chi connectivity index (χ3v) is 3.51. The number of aryl methyl sites for hydroxylation is 1. The van der Waals surface area contributed by atoms with Crippen molar-refractivity contribution in [1.29, 1.82) is 0 Å². The standard InChI is InChI=1S/C12H15N3O2/c16-11(17)10-8-4-3-5-9(8)13-12(14-10)15-6-1-2-7-15/h1-7H2,(H,16,17). The van der Waals surface area contributed by atoms with Crippen LogP contribution in [0.1, 0.15) is 41.0 Å². The van der Waals surface area contributed by atoms with Crippen LogP contribution in [-0.4, -0.2) is 34.1 Å². The predicted octanol–water partition coefficient (Wildman–Crippen LogP) is 1.26. The summed E-state index contributed by atoms with van der Waals surface area (Å²) in [6.45, 7) is 1.88. The molecule has 2 heterocycles. The number of hydrogen-bond donors (Lipinski definition) is 1. The highest BCUT2D eigenvalue weighted by atomic mass is 16.4. The van der Waals surface area contributed by atoms with E-state index in [0.29, 0.717) is 5.95 Å². The highest BCUT2D eigenvalue weighted by Crippen LogP contribution is 2.26. The van der Waals surface area contributed by atoms with Gasteiger partial charge in [-0.3, -0.25) is 0 Å². The molecule has 1 N–H and O–H groups in total. The van der Waals surface area contributed by atoms with E-state index in [4.69, 9.17) is 0 Å². The molecule has 1 aromatic rings. The molecule has 5 nitrogen and oxygen atoms in total. The van der Waals surface area contributed by atoms with Crippen LogP contribution in [0.2, 0.25) is 0 Å². The van der Waals surface area contributed by atoms with Gasteiger partial charge in [0.15, 0.2) is 5.69 Å². The quantitative estimate of drug-likeness (QED) is 0.833. The van der Waals surface area contributed by atoms with Crippen LogP contribution in [0.4, 0.5) is 5.95 Å². The lowest BCUT2D eigenvalue weighted by atomic mass is 10.2. The molecule has 1 saturated heterocycles. The first-order chi connectivity index (χ1) is 8.25. The van der Waals surface area contributed by atoms with Crippen molar-refractivity contribution < 1.29 is 9.90 Å². The average Bonchev–Trinajstić information content (AvgIpc) is 2.98. The second-order valence-electron chi connectivity index (χ2n) is 4.65.